The molecule has 2 N–H and O–H groups in total. The minimum absolute atomic E-state index is 0.0635. The van der Waals surface area contributed by atoms with E-state index in [0.717, 1.165) is 5.56 Å². The van der Waals surface area contributed by atoms with E-state index in [0.29, 0.717) is 28.4 Å². The predicted octanol–water partition coefficient (Wildman–Crippen LogP) is 4.02. The molecule has 0 saturated carbocycles. The zero-order chi connectivity index (χ0) is 18.9. The molecule has 0 aliphatic rings. The van der Waals surface area contributed by atoms with Crippen LogP contribution in [0.4, 0.5) is 11.4 Å². The van der Waals surface area contributed by atoms with Gasteiger partial charge in [0.15, 0.2) is 0 Å². The average molecular weight is 367 g/mol. The first-order valence-corrected chi connectivity index (χ1v) is 9.41. The van der Waals surface area contributed by atoms with Gasteiger partial charge in [0.2, 0.25) is 11.8 Å². The van der Waals surface area contributed by atoms with E-state index in [1.165, 1.54) is 11.8 Å². The van der Waals surface area contributed by atoms with Gasteiger partial charge in [-0.15, -0.1) is 11.8 Å². The third kappa shape index (κ3) is 6.26. The number of thioether (sulfide) groups is 1. The van der Waals surface area contributed by atoms with Crippen LogP contribution in [-0.2, 0) is 15.3 Å². The second-order valence-electron chi connectivity index (χ2n) is 6.07. The molecule has 0 spiro atoms. The van der Waals surface area contributed by atoms with Gasteiger partial charge in [-0.2, -0.15) is 5.26 Å². The smallest absolute Gasteiger partial charge is 0.234 e. The molecule has 0 aromatic heterocycles. The van der Waals surface area contributed by atoms with Gasteiger partial charge in [0.05, 0.1) is 17.4 Å². The number of rotatable bonds is 7. The molecule has 0 aliphatic heterocycles. The Morgan fingerprint density at radius 1 is 1.08 bits per heavy atom. The molecule has 26 heavy (non-hydrogen) atoms. The Hall–Kier alpha value is -2.78. The lowest BCUT2D eigenvalue weighted by molar-refractivity contribution is -0.119. The fourth-order valence-corrected chi connectivity index (χ4v) is 2.88. The number of nitrogens with one attached hydrogen (secondary N) is 2. The maximum absolute atomic E-state index is 12.1. The molecule has 2 aromatic rings. The fraction of sp³-hybridized carbons (Fsp3) is 0.250. The van der Waals surface area contributed by atoms with Crippen molar-refractivity contribution in [1.29, 1.82) is 5.26 Å². The van der Waals surface area contributed by atoms with Crippen molar-refractivity contribution in [1.82, 2.24) is 0 Å². The van der Waals surface area contributed by atoms with E-state index < -0.39 is 0 Å². The minimum Gasteiger partial charge on any atom is -0.326 e. The van der Waals surface area contributed by atoms with Gasteiger partial charge in [0.25, 0.3) is 0 Å². The molecule has 0 unspecified atom stereocenters. The first-order chi connectivity index (χ1) is 12.5. The van der Waals surface area contributed by atoms with Crippen molar-refractivity contribution in [3.8, 4) is 6.07 Å². The summed E-state index contributed by atoms with van der Waals surface area (Å²) in [6, 6.07) is 16.5. The molecular weight excluding hydrogens is 346 g/mol. The van der Waals surface area contributed by atoms with Crippen molar-refractivity contribution in [2.75, 3.05) is 16.4 Å². The third-order valence-corrected chi connectivity index (χ3v) is 4.53. The number of nitriles is 1. The molecular formula is C20H21N3O2S. The minimum atomic E-state index is -0.105. The summed E-state index contributed by atoms with van der Waals surface area (Å²) in [6.45, 7) is 3.65. The van der Waals surface area contributed by atoms with Crippen LogP contribution in [0, 0.1) is 17.2 Å². The molecule has 0 atom stereocenters. The Labute approximate surface area is 157 Å². The molecule has 0 heterocycles. The lowest BCUT2D eigenvalue weighted by Crippen LogP contribution is -2.18. The van der Waals surface area contributed by atoms with E-state index in [4.69, 9.17) is 5.26 Å². The molecule has 0 radical (unpaired) electrons. The molecule has 2 rings (SSSR count). The lowest BCUT2D eigenvalue weighted by atomic mass is 10.2. The molecule has 0 aliphatic carbocycles. The van der Waals surface area contributed by atoms with E-state index in [-0.39, 0.29) is 17.7 Å². The van der Waals surface area contributed by atoms with Crippen molar-refractivity contribution >= 4 is 35.0 Å². The topological polar surface area (TPSA) is 82.0 Å². The summed E-state index contributed by atoms with van der Waals surface area (Å²) in [4.78, 5) is 23.8. The maximum atomic E-state index is 12.1. The number of anilines is 2. The Morgan fingerprint density at radius 3 is 2.35 bits per heavy atom. The number of hydrogen-bond acceptors (Lipinski definition) is 4. The second kappa shape index (κ2) is 9.64. The highest BCUT2D eigenvalue weighted by Crippen LogP contribution is 2.17. The Bertz CT molecular complexity index is 811. The highest BCUT2D eigenvalue weighted by Gasteiger charge is 2.08. The van der Waals surface area contributed by atoms with E-state index in [2.05, 4.69) is 16.7 Å². The van der Waals surface area contributed by atoms with Crippen molar-refractivity contribution in [2.45, 2.75) is 19.6 Å². The van der Waals surface area contributed by atoms with Gasteiger partial charge in [-0.3, -0.25) is 9.59 Å². The normalized spacial score (nSPS) is 10.2. The monoisotopic (exact) mass is 367 g/mol. The summed E-state index contributed by atoms with van der Waals surface area (Å²) in [5.74, 6) is 0.751. The fourth-order valence-electron chi connectivity index (χ4n) is 2.10. The van der Waals surface area contributed by atoms with Gasteiger partial charge in [0.1, 0.15) is 0 Å². The van der Waals surface area contributed by atoms with E-state index >= 15 is 0 Å². The van der Waals surface area contributed by atoms with Gasteiger partial charge in [-0.1, -0.05) is 32.0 Å². The number of carbonyl (C=O) groups excluding carboxylic acids is 2. The van der Waals surface area contributed by atoms with Gasteiger partial charge >= 0.3 is 0 Å². The standard InChI is InChI=1S/C20H21N3O2S/c1-14(2)20(25)23-18-5-3-4-17(10-18)22-19(24)13-26-12-16-8-6-15(11-21)7-9-16/h3-10,14H,12-13H2,1-2H3,(H,22,24)(H,23,25). The maximum Gasteiger partial charge on any atom is 0.234 e. The van der Waals surface area contributed by atoms with Crippen LogP contribution in [0.3, 0.4) is 0 Å². The van der Waals surface area contributed by atoms with E-state index in [1.54, 1.807) is 36.4 Å². The van der Waals surface area contributed by atoms with Gasteiger partial charge in [0, 0.05) is 23.0 Å². The summed E-state index contributed by atoms with van der Waals surface area (Å²) in [7, 11) is 0. The van der Waals surface area contributed by atoms with E-state index in [9.17, 15) is 9.59 Å². The quantitative estimate of drug-likeness (QED) is 0.774. The average Bonchev–Trinajstić information content (AvgIpc) is 2.62. The highest BCUT2D eigenvalue weighted by molar-refractivity contribution is 7.99. The van der Waals surface area contributed by atoms with Crippen LogP contribution in [0.15, 0.2) is 48.5 Å². The number of hydrogen-bond donors (Lipinski definition) is 2. The van der Waals surface area contributed by atoms with Crippen molar-refractivity contribution < 1.29 is 9.59 Å². The number of carbonyl (C=O) groups is 2. The van der Waals surface area contributed by atoms with Crippen LogP contribution in [0.2, 0.25) is 0 Å². The largest absolute Gasteiger partial charge is 0.326 e. The number of benzene rings is 2. The van der Waals surface area contributed by atoms with Crippen LogP contribution in [0.1, 0.15) is 25.0 Å². The Kier molecular flexibility index (Phi) is 7.24. The van der Waals surface area contributed by atoms with Crippen LogP contribution >= 0.6 is 11.8 Å². The van der Waals surface area contributed by atoms with Crippen LogP contribution < -0.4 is 10.6 Å². The summed E-state index contributed by atoms with van der Waals surface area (Å²) in [5.41, 5.74) is 3.00. The van der Waals surface area contributed by atoms with Gasteiger partial charge < -0.3 is 10.6 Å². The Morgan fingerprint density at radius 2 is 1.73 bits per heavy atom. The van der Waals surface area contributed by atoms with Crippen LogP contribution in [0.5, 0.6) is 0 Å². The summed E-state index contributed by atoms with van der Waals surface area (Å²) in [5, 5.41) is 14.4. The zero-order valence-electron chi connectivity index (χ0n) is 14.8. The summed E-state index contributed by atoms with van der Waals surface area (Å²) < 4.78 is 0. The third-order valence-electron chi connectivity index (χ3n) is 3.52. The SMILES string of the molecule is CC(C)C(=O)Nc1cccc(NC(=O)CSCc2ccc(C#N)cc2)c1. The number of amides is 2. The van der Waals surface area contributed by atoms with Crippen molar-refractivity contribution in [2.24, 2.45) is 5.92 Å². The molecule has 0 bridgehead atoms. The summed E-state index contributed by atoms with van der Waals surface area (Å²) in [6.07, 6.45) is 0. The zero-order valence-corrected chi connectivity index (χ0v) is 15.6. The Balaban J connectivity index is 1.81. The molecule has 0 saturated heterocycles. The first-order valence-electron chi connectivity index (χ1n) is 8.25. The van der Waals surface area contributed by atoms with Crippen LogP contribution in [-0.4, -0.2) is 17.6 Å². The van der Waals surface area contributed by atoms with Crippen molar-refractivity contribution in [3.63, 3.8) is 0 Å². The molecule has 6 heteroatoms. The van der Waals surface area contributed by atoms with Crippen LogP contribution in [0.25, 0.3) is 0 Å². The first kappa shape index (κ1) is 19.5. The predicted molar refractivity (Wildman–Crippen MR) is 106 cm³/mol. The molecule has 0 fully saturated rings. The van der Waals surface area contributed by atoms with Gasteiger partial charge in [-0.25, -0.2) is 0 Å². The lowest BCUT2D eigenvalue weighted by Gasteiger charge is -2.10. The molecule has 134 valence electrons. The number of nitrogens with zero attached hydrogens (tertiary/aromatic N) is 1. The molecule has 2 amide bonds. The van der Waals surface area contributed by atoms with E-state index in [1.807, 2.05) is 26.0 Å². The molecule has 2 aromatic carbocycles. The van der Waals surface area contributed by atoms with Crippen molar-refractivity contribution in [3.05, 3.63) is 59.7 Å². The highest BCUT2D eigenvalue weighted by atomic mass is 32.2. The second-order valence-corrected chi connectivity index (χ2v) is 7.06. The molecule has 5 nitrogen and oxygen atoms in total. The van der Waals surface area contributed by atoms with Gasteiger partial charge in [-0.05, 0) is 35.9 Å². The summed E-state index contributed by atoms with van der Waals surface area (Å²) >= 11 is 1.50.